The van der Waals surface area contributed by atoms with Crippen molar-refractivity contribution < 1.29 is 15.5 Å². The van der Waals surface area contributed by atoms with Crippen molar-refractivity contribution in [3.63, 3.8) is 0 Å². The summed E-state index contributed by atoms with van der Waals surface area (Å²) in [4.78, 5) is 3.70. The number of hydrogen-bond acceptors (Lipinski definition) is 5. The van der Waals surface area contributed by atoms with Crippen LogP contribution in [0, 0.1) is 0 Å². The van der Waals surface area contributed by atoms with Gasteiger partial charge in [0.25, 0.3) is 0 Å². The average Bonchev–Trinajstić information content (AvgIpc) is 2.06. The SMILES string of the molecule is O/N=C/c1cccc(NOO)c1. The number of benzene rings is 1. The highest BCUT2D eigenvalue weighted by Crippen LogP contribution is 2.08. The van der Waals surface area contributed by atoms with Gasteiger partial charge >= 0.3 is 0 Å². The van der Waals surface area contributed by atoms with E-state index in [1.807, 2.05) is 0 Å². The Morgan fingerprint density at radius 3 is 3.00 bits per heavy atom. The Labute approximate surface area is 68.8 Å². The summed E-state index contributed by atoms with van der Waals surface area (Å²) in [6, 6.07) is 6.78. The van der Waals surface area contributed by atoms with Crippen molar-refractivity contribution in [3.05, 3.63) is 29.8 Å². The molecule has 5 nitrogen and oxygen atoms in total. The minimum atomic E-state index is 0.565. The molecule has 1 aromatic carbocycles. The number of nitrogens with zero attached hydrogens (tertiary/aromatic N) is 1. The zero-order valence-corrected chi connectivity index (χ0v) is 6.14. The first kappa shape index (κ1) is 8.51. The standard InChI is InChI=1S/C7H8N2O3/c10-8-5-6-2-1-3-7(4-6)9-12-11/h1-5,9-11H/b8-5+. The molecule has 1 rings (SSSR count). The predicted molar refractivity (Wildman–Crippen MR) is 43.2 cm³/mol. The van der Waals surface area contributed by atoms with E-state index in [0.29, 0.717) is 11.3 Å². The van der Waals surface area contributed by atoms with Gasteiger partial charge in [-0.25, -0.2) is 10.7 Å². The predicted octanol–water partition coefficient (Wildman–Crippen LogP) is 1.31. The second kappa shape index (κ2) is 4.32. The summed E-state index contributed by atoms with van der Waals surface area (Å²) in [7, 11) is 0. The summed E-state index contributed by atoms with van der Waals surface area (Å²) >= 11 is 0. The minimum Gasteiger partial charge on any atom is -0.411 e. The van der Waals surface area contributed by atoms with E-state index in [0.717, 1.165) is 0 Å². The van der Waals surface area contributed by atoms with Crippen molar-refractivity contribution in [3.8, 4) is 0 Å². The highest BCUT2D eigenvalue weighted by molar-refractivity contribution is 5.80. The van der Waals surface area contributed by atoms with E-state index in [2.05, 4.69) is 15.6 Å². The lowest BCUT2D eigenvalue weighted by atomic mass is 10.2. The first-order valence-corrected chi connectivity index (χ1v) is 3.20. The van der Waals surface area contributed by atoms with E-state index in [9.17, 15) is 0 Å². The van der Waals surface area contributed by atoms with Gasteiger partial charge in [0.2, 0.25) is 0 Å². The van der Waals surface area contributed by atoms with Crippen molar-refractivity contribution in [2.75, 3.05) is 5.48 Å². The van der Waals surface area contributed by atoms with E-state index < -0.39 is 0 Å². The molecule has 0 radical (unpaired) electrons. The molecule has 0 saturated carbocycles. The lowest BCUT2D eigenvalue weighted by molar-refractivity contribution is -0.215. The fourth-order valence-corrected chi connectivity index (χ4v) is 0.802. The van der Waals surface area contributed by atoms with E-state index in [-0.39, 0.29) is 0 Å². The van der Waals surface area contributed by atoms with Crippen LogP contribution in [0.15, 0.2) is 29.4 Å². The highest BCUT2D eigenvalue weighted by atomic mass is 17.2. The van der Waals surface area contributed by atoms with E-state index >= 15 is 0 Å². The molecule has 0 atom stereocenters. The molecule has 0 heterocycles. The van der Waals surface area contributed by atoms with Gasteiger partial charge in [0.1, 0.15) is 0 Å². The molecule has 5 heteroatoms. The average molecular weight is 168 g/mol. The number of oxime groups is 1. The van der Waals surface area contributed by atoms with E-state index in [1.54, 1.807) is 24.3 Å². The molecule has 0 aliphatic heterocycles. The first-order valence-electron chi connectivity index (χ1n) is 3.20. The van der Waals surface area contributed by atoms with Crippen LogP contribution in [0.4, 0.5) is 5.69 Å². The summed E-state index contributed by atoms with van der Waals surface area (Å²) in [6.07, 6.45) is 1.27. The summed E-state index contributed by atoms with van der Waals surface area (Å²) in [6.45, 7) is 0. The molecule has 0 aliphatic carbocycles. The number of rotatable bonds is 3. The molecule has 64 valence electrons. The van der Waals surface area contributed by atoms with Gasteiger partial charge in [-0.15, -0.1) is 4.99 Å². The lowest BCUT2D eigenvalue weighted by Gasteiger charge is -2.00. The molecule has 0 unspecified atom stereocenters. The molecule has 0 saturated heterocycles. The van der Waals surface area contributed by atoms with E-state index in [1.165, 1.54) is 6.21 Å². The zero-order chi connectivity index (χ0) is 8.81. The van der Waals surface area contributed by atoms with Crippen molar-refractivity contribution in [2.24, 2.45) is 5.16 Å². The van der Waals surface area contributed by atoms with Crippen LogP contribution < -0.4 is 5.48 Å². The Kier molecular flexibility index (Phi) is 3.06. The monoisotopic (exact) mass is 168 g/mol. The summed E-state index contributed by atoms with van der Waals surface area (Å²) in [5.74, 6) is 0. The normalized spacial score (nSPS) is 10.4. The van der Waals surface area contributed by atoms with Crippen LogP contribution in [-0.2, 0) is 4.99 Å². The third-order valence-electron chi connectivity index (χ3n) is 1.26. The molecular weight excluding hydrogens is 160 g/mol. The molecule has 0 fully saturated rings. The molecule has 1 aromatic rings. The van der Waals surface area contributed by atoms with Crippen molar-refractivity contribution >= 4 is 11.9 Å². The van der Waals surface area contributed by atoms with Crippen LogP contribution in [0.3, 0.4) is 0 Å². The molecular formula is C7H8N2O3. The van der Waals surface area contributed by atoms with Gasteiger partial charge in [-0.05, 0) is 17.7 Å². The maximum atomic E-state index is 8.21. The third kappa shape index (κ3) is 2.22. The van der Waals surface area contributed by atoms with E-state index in [4.69, 9.17) is 10.5 Å². The number of anilines is 1. The zero-order valence-electron chi connectivity index (χ0n) is 6.14. The number of nitrogens with one attached hydrogen (secondary N) is 1. The number of hydrogen-bond donors (Lipinski definition) is 3. The largest absolute Gasteiger partial charge is 0.411 e. The summed E-state index contributed by atoms with van der Waals surface area (Å²) in [5.41, 5.74) is 3.48. The molecule has 12 heavy (non-hydrogen) atoms. The van der Waals surface area contributed by atoms with Crippen LogP contribution >= 0.6 is 0 Å². The van der Waals surface area contributed by atoms with Crippen LogP contribution in [-0.4, -0.2) is 16.7 Å². The fourth-order valence-electron chi connectivity index (χ4n) is 0.802. The molecule has 0 amide bonds. The van der Waals surface area contributed by atoms with Crippen LogP contribution in [0.5, 0.6) is 0 Å². The molecule has 3 N–H and O–H groups in total. The second-order valence-corrected chi connectivity index (χ2v) is 2.06. The minimum absolute atomic E-state index is 0.565. The van der Waals surface area contributed by atoms with Gasteiger partial charge < -0.3 is 5.21 Å². The Morgan fingerprint density at radius 1 is 1.50 bits per heavy atom. The van der Waals surface area contributed by atoms with Crippen molar-refractivity contribution in [2.45, 2.75) is 0 Å². The quantitative estimate of drug-likeness (QED) is 0.275. The Morgan fingerprint density at radius 2 is 2.33 bits per heavy atom. The van der Waals surface area contributed by atoms with Crippen LogP contribution in [0.25, 0.3) is 0 Å². The molecule has 0 bridgehead atoms. The molecule has 0 aromatic heterocycles. The fraction of sp³-hybridized carbons (Fsp3) is 0. The topological polar surface area (TPSA) is 74.1 Å². The summed E-state index contributed by atoms with van der Waals surface area (Å²) in [5, 5.41) is 19.1. The van der Waals surface area contributed by atoms with Gasteiger partial charge in [0.15, 0.2) is 0 Å². The molecule has 0 spiro atoms. The molecule has 0 aliphatic rings. The van der Waals surface area contributed by atoms with Crippen molar-refractivity contribution in [1.82, 2.24) is 0 Å². The lowest BCUT2D eigenvalue weighted by Crippen LogP contribution is -1.96. The Balaban J connectivity index is 2.80. The van der Waals surface area contributed by atoms with Crippen LogP contribution in [0.1, 0.15) is 5.56 Å². The highest BCUT2D eigenvalue weighted by Gasteiger charge is 1.91. The maximum Gasteiger partial charge on any atom is 0.0734 e. The second-order valence-electron chi connectivity index (χ2n) is 2.06. The maximum absolute atomic E-state index is 8.21. The Hall–Kier alpha value is -1.59. The van der Waals surface area contributed by atoms with Gasteiger partial charge in [-0.3, -0.25) is 0 Å². The first-order chi connectivity index (χ1) is 5.86. The van der Waals surface area contributed by atoms with Gasteiger partial charge in [0, 0.05) is 0 Å². The Bertz CT molecular complexity index is 275. The van der Waals surface area contributed by atoms with Gasteiger partial charge in [-0.2, -0.15) is 0 Å². The third-order valence-corrected chi connectivity index (χ3v) is 1.26. The van der Waals surface area contributed by atoms with Crippen molar-refractivity contribution in [1.29, 1.82) is 0 Å². The summed E-state index contributed by atoms with van der Waals surface area (Å²) < 4.78 is 0. The van der Waals surface area contributed by atoms with Gasteiger partial charge in [0.05, 0.1) is 11.9 Å². The smallest absolute Gasteiger partial charge is 0.0734 e. The van der Waals surface area contributed by atoms with Crippen LogP contribution in [0.2, 0.25) is 0 Å². The van der Waals surface area contributed by atoms with Gasteiger partial charge in [-0.1, -0.05) is 17.3 Å².